The van der Waals surface area contributed by atoms with Gasteiger partial charge in [-0.05, 0) is 108 Å². The monoisotopic (exact) mass is 979 g/mol. The molecule has 15 heteroatoms. The largest absolute Gasteiger partial charge is 0.268 e. The summed E-state index contributed by atoms with van der Waals surface area (Å²) in [6, 6.07) is 40.8. The number of hydrogen-bond acceptors (Lipinski definition) is 10. The Morgan fingerprint density at radius 1 is 0.592 bits per heavy atom. The highest BCUT2D eigenvalue weighted by molar-refractivity contribution is 6.32. The van der Waals surface area contributed by atoms with Crippen LogP contribution in [-0.4, -0.2) is 49.7 Å². The lowest BCUT2D eigenvalue weighted by Crippen LogP contribution is -2.29. The summed E-state index contributed by atoms with van der Waals surface area (Å²) < 4.78 is 3.02. The van der Waals surface area contributed by atoms with Crippen molar-refractivity contribution in [1.82, 2.24) is 49.7 Å². The SMILES string of the molecule is CCCCc1nc(C)n(-c2ncccc2Cl)c(=O)c1Cc1ccc(-c2ccccc2-c2nn[nH]n2)cc1.CCCCc1nc(C)n(-c2ncccc2Cl)c(=O)c1Cc1ccc(-c2ccccc2C#N)cc1. The molecule has 0 spiro atoms. The first-order chi connectivity index (χ1) is 34.6. The third kappa shape index (κ3) is 11.3. The van der Waals surface area contributed by atoms with Crippen molar-refractivity contribution < 1.29 is 0 Å². The molecular formula is C56H51Cl2N11O2. The van der Waals surface area contributed by atoms with Crippen LogP contribution in [0.25, 0.3) is 45.3 Å². The van der Waals surface area contributed by atoms with Crippen LogP contribution >= 0.6 is 23.2 Å². The van der Waals surface area contributed by atoms with Crippen LogP contribution in [0, 0.1) is 25.2 Å². The van der Waals surface area contributed by atoms with E-state index in [0.717, 1.165) is 88.9 Å². The van der Waals surface area contributed by atoms with E-state index in [9.17, 15) is 14.9 Å². The van der Waals surface area contributed by atoms with Crippen molar-refractivity contribution in [3.8, 4) is 51.3 Å². The van der Waals surface area contributed by atoms with Gasteiger partial charge in [0.25, 0.3) is 11.1 Å². The summed E-state index contributed by atoms with van der Waals surface area (Å²) in [5.74, 6) is 2.49. The molecule has 9 aromatic rings. The summed E-state index contributed by atoms with van der Waals surface area (Å²) >= 11 is 12.8. The van der Waals surface area contributed by atoms with Crippen molar-refractivity contribution in [2.45, 2.75) is 79.1 Å². The molecule has 0 unspecified atom stereocenters. The van der Waals surface area contributed by atoms with Crippen LogP contribution in [0.2, 0.25) is 10.0 Å². The van der Waals surface area contributed by atoms with Crippen molar-refractivity contribution >= 4 is 23.2 Å². The Bertz CT molecular complexity index is 3460. The van der Waals surface area contributed by atoms with Gasteiger partial charge in [0.2, 0.25) is 5.82 Å². The average molecular weight is 981 g/mol. The summed E-state index contributed by atoms with van der Waals surface area (Å²) in [6.45, 7) is 7.89. The summed E-state index contributed by atoms with van der Waals surface area (Å²) in [6.07, 6.45) is 9.60. The number of halogens is 2. The Kier molecular flexibility index (Phi) is 16.1. The highest BCUT2D eigenvalue weighted by atomic mass is 35.5. The second-order valence-corrected chi connectivity index (χ2v) is 17.8. The van der Waals surface area contributed by atoms with Crippen molar-refractivity contribution in [3.05, 3.63) is 215 Å². The van der Waals surface area contributed by atoms with Gasteiger partial charge in [-0.15, -0.1) is 10.2 Å². The van der Waals surface area contributed by atoms with E-state index in [0.29, 0.717) is 68.7 Å². The van der Waals surface area contributed by atoms with Crippen LogP contribution in [-0.2, 0) is 25.7 Å². The second-order valence-electron chi connectivity index (χ2n) is 17.0. The fraction of sp³-hybridized carbons (Fsp3) is 0.214. The number of rotatable bonds is 15. The van der Waals surface area contributed by atoms with Crippen LogP contribution in [0.4, 0.5) is 0 Å². The van der Waals surface area contributed by atoms with E-state index in [1.54, 1.807) is 36.7 Å². The number of unbranched alkanes of at least 4 members (excludes halogenated alkanes) is 2. The predicted octanol–water partition coefficient (Wildman–Crippen LogP) is 11.4. The van der Waals surface area contributed by atoms with E-state index >= 15 is 0 Å². The van der Waals surface area contributed by atoms with Crippen molar-refractivity contribution in [1.29, 1.82) is 5.26 Å². The normalized spacial score (nSPS) is 10.9. The molecule has 4 aromatic carbocycles. The number of aromatic amines is 1. The number of aryl methyl sites for hydroxylation is 4. The van der Waals surface area contributed by atoms with Gasteiger partial charge in [-0.1, -0.05) is 141 Å². The molecule has 0 saturated heterocycles. The zero-order chi connectivity index (χ0) is 49.9. The number of aromatic nitrogens is 10. The van der Waals surface area contributed by atoms with E-state index in [-0.39, 0.29) is 11.1 Å². The van der Waals surface area contributed by atoms with Crippen LogP contribution in [0.3, 0.4) is 0 Å². The Labute approximate surface area is 421 Å². The Morgan fingerprint density at radius 3 is 1.51 bits per heavy atom. The molecule has 5 aromatic heterocycles. The number of nitrogens with one attached hydrogen (secondary N) is 1. The Balaban J connectivity index is 0.000000191. The minimum Gasteiger partial charge on any atom is -0.268 e. The fourth-order valence-corrected chi connectivity index (χ4v) is 8.94. The van der Waals surface area contributed by atoms with Crippen LogP contribution in [0.15, 0.2) is 143 Å². The predicted molar refractivity (Wildman–Crippen MR) is 279 cm³/mol. The minimum atomic E-state index is -0.141. The molecule has 0 radical (unpaired) electrons. The minimum absolute atomic E-state index is 0.134. The smallest absolute Gasteiger partial charge is 0.263 e. The molecule has 5 heterocycles. The van der Waals surface area contributed by atoms with Gasteiger partial charge < -0.3 is 0 Å². The summed E-state index contributed by atoms with van der Waals surface area (Å²) in [4.78, 5) is 45.8. The van der Waals surface area contributed by atoms with Crippen LogP contribution in [0.5, 0.6) is 0 Å². The molecule has 0 atom stereocenters. The maximum Gasteiger partial charge on any atom is 0.263 e. The number of hydrogen-bond donors (Lipinski definition) is 1. The zero-order valence-corrected chi connectivity index (χ0v) is 41.4. The number of H-pyrrole nitrogens is 1. The fourth-order valence-electron chi connectivity index (χ4n) is 8.53. The Morgan fingerprint density at radius 2 is 1.06 bits per heavy atom. The average Bonchev–Trinajstić information content (AvgIpc) is 3.94. The molecule has 0 saturated carbocycles. The van der Waals surface area contributed by atoms with Gasteiger partial charge in [-0.2, -0.15) is 10.5 Å². The standard InChI is InChI=1S/C28H26ClN7O.C28H25ClN4O/c1-3-4-11-25-23(28(37)36(18(2)31-25)27-24(29)10-7-16-30-27)17-19-12-14-20(15-13-19)21-8-5-6-9-22(21)26-32-34-35-33-26;1-3-4-11-26-24(28(34)33(19(2)32-26)27-25(29)10-7-16-31-27)17-20-12-14-21(15-13-20)23-9-6-5-8-22(23)18-30/h5-10,12-16H,3-4,11,17H2,1-2H3,(H,32,33,34,35);5-10,12-16H,3-4,11,17H2,1-2H3. The first kappa shape index (κ1) is 49.5. The highest BCUT2D eigenvalue weighted by Gasteiger charge is 2.21. The van der Waals surface area contributed by atoms with Crippen molar-refractivity contribution in [2.75, 3.05) is 0 Å². The molecule has 71 heavy (non-hydrogen) atoms. The van der Waals surface area contributed by atoms with Crippen molar-refractivity contribution in [3.63, 3.8) is 0 Å². The molecule has 0 aliphatic rings. The topological polar surface area (TPSA) is 174 Å². The Hall–Kier alpha value is -7.92. The summed E-state index contributed by atoms with van der Waals surface area (Å²) in [5.41, 5.74) is 10.1. The first-order valence-corrected chi connectivity index (χ1v) is 24.3. The number of pyridine rings is 2. The molecule has 0 aliphatic carbocycles. The van der Waals surface area contributed by atoms with Crippen LogP contribution < -0.4 is 11.1 Å². The van der Waals surface area contributed by atoms with E-state index in [1.165, 1.54) is 9.13 Å². The number of nitriles is 1. The number of benzene rings is 4. The van der Waals surface area contributed by atoms with E-state index in [2.05, 4.69) is 62.6 Å². The lowest BCUT2D eigenvalue weighted by molar-refractivity contribution is 0.729. The van der Waals surface area contributed by atoms with Crippen LogP contribution in [0.1, 0.15) is 90.4 Å². The number of nitrogens with zero attached hydrogens (tertiary/aromatic N) is 10. The van der Waals surface area contributed by atoms with Gasteiger partial charge in [-0.25, -0.2) is 29.1 Å². The molecule has 356 valence electrons. The van der Waals surface area contributed by atoms with E-state index in [4.69, 9.17) is 33.2 Å². The highest BCUT2D eigenvalue weighted by Crippen LogP contribution is 2.31. The molecule has 0 bridgehead atoms. The molecule has 0 aliphatic heterocycles. The maximum absolute atomic E-state index is 13.8. The molecule has 1 N–H and O–H groups in total. The quantitative estimate of drug-likeness (QED) is 0.104. The van der Waals surface area contributed by atoms with Gasteiger partial charge in [-0.3, -0.25) is 9.59 Å². The second kappa shape index (κ2) is 23.1. The van der Waals surface area contributed by atoms with Crippen molar-refractivity contribution in [2.24, 2.45) is 0 Å². The molecule has 9 rings (SSSR count). The van der Waals surface area contributed by atoms with Gasteiger partial charge >= 0.3 is 0 Å². The summed E-state index contributed by atoms with van der Waals surface area (Å²) in [7, 11) is 0. The first-order valence-electron chi connectivity index (χ1n) is 23.5. The summed E-state index contributed by atoms with van der Waals surface area (Å²) in [5, 5.41) is 24.7. The van der Waals surface area contributed by atoms with E-state index in [1.807, 2.05) is 98.8 Å². The third-order valence-corrected chi connectivity index (χ3v) is 12.7. The number of tetrazole rings is 1. The zero-order valence-electron chi connectivity index (χ0n) is 39.9. The van der Waals surface area contributed by atoms with Gasteiger partial charge in [0.15, 0.2) is 11.6 Å². The van der Waals surface area contributed by atoms with Gasteiger partial charge in [0.05, 0.1) is 33.1 Å². The molecular weight excluding hydrogens is 930 g/mol. The van der Waals surface area contributed by atoms with E-state index < -0.39 is 0 Å². The van der Waals surface area contributed by atoms with Gasteiger partial charge in [0, 0.05) is 41.9 Å². The molecule has 0 amide bonds. The lowest BCUT2D eigenvalue weighted by Gasteiger charge is -2.16. The molecule has 13 nitrogen and oxygen atoms in total. The lowest BCUT2D eigenvalue weighted by atomic mass is 9.96. The maximum atomic E-state index is 13.8. The molecule has 0 fully saturated rings. The van der Waals surface area contributed by atoms with Gasteiger partial charge in [0.1, 0.15) is 11.6 Å². The third-order valence-electron chi connectivity index (χ3n) is 12.1.